The van der Waals surface area contributed by atoms with Gasteiger partial charge in [0, 0.05) is 4.48 Å². The summed E-state index contributed by atoms with van der Waals surface area (Å²) in [6.45, 7) is 5.44. The standard InChI is InChI=1S/C7H9BrN2O2/c1-4(8)3-10-6(11)5(2)9-7(10)12/h5H,1,3H2,2H3,(H,9,12). The predicted molar refractivity (Wildman–Crippen MR) is 47.8 cm³/mol. The van der Waals surface area contributed by atoms with Crippen LogP contribution in [0.5, 0.6) is 0 Å². The van der Waals surface area contributed by atoms with E-state index in [1.54, 1.807) is 6.92 Å². The Labute approximate surface area is 78.7 Å². The highest BCUT2D eigenvalue weighted by molar-refractivity contribution is 9.11. The van der Waals surface area contributed by atoms with E-state index in [9.17, 15) is 9.59 Å². The molecule has 0 aromatic heterocycles. The summed E-state index contributed by atoms with van der Waals surface area (Å²) in [4.78, 5) is 23.4. The molecule has 1 fully saturated rings. The van der Waals surface area contributed by atoms with E-state index in [-0.39, 0.29) is 18.5 Å². The number of hydrogen-bond acceptors (Lipinski definition) is 2. The highest BCUT2D eigenvalue weighted by Gasteiger charge is 2.34. The van der Waals surface area contributed by atoms with Gasteiger partial charge in [-0.2, -0.15) is 0 Å². The largest absolute Gasteiger partial charge is 0.326 e. The molecule has 4 nitrogen and oxygen atoms in total. The number of carbonyl (C=O) groups excluding carboxylic acids is 2. The number of nitrogens with one attached hydrogen (secondary N) is 1. The summed E-state index contributed by atoms with van der Waals surface area (Å²) < 4.78 is 0.611. The Morgan fingerprint density at radius 3 is 2.67 bits per heavy atom. The molecule has 0 spiro atoms. The van der Waals surface area contributed by atoms with Crippen molar-refractivity contribution in [3.63, 3.8) is 0 Å². The van der Waals surface area contributed by atoms with E-state index in [2.05, 4.69) is 27.8 Å². The van der Waals surface area contributed by atoms with Gasteiger partial charge in [-0.15, -0.1) is 0 Å². The van der Waals surface area contributed by atoms with Crippen LogP contribution in [-0.4, -0.2) is 29.4 Å². The van der Waals surface area contributed by atoms with Gasteiger partial charge >= 0.3 is 6.03 Å². The van der Waals surface area contributed by atoms with Crippen molar-refractivity contribution in [3.05, 3.63) is 11.1 Å². The van der Waals surface area contributed by atoms with Crippen LogP contribution in [0.4, 0.5) is 4.79 Å². The zero-order chi connectivity index (χ0) is 9.30. The van der Waals surface area contributed by atoms with Crippen molar-refractivity contribution >= 4 is 27.9 Å². The topological polar surface area (TPSA) is 49.4 Å². The van der Waals surface area contributed by atoms with E-state index >= 15 is 0 Å². The Hall–Kier alpha value is -0.840. The van der Waals surface area contributed by atoms with Crippen LogP contribution in [0.1, 0.15) is 6.92 Å². The molecule has 3 amide bonds. The average Bonchev–Trinajstić information content (AvgIpc) is 2.16. The first-order chi connectivity index (χ1) is 5.52. The fourth-order valence-corrected chi connectivity index (χ4v) is 1.23. The first kappa shape index (κ1) is 9.25. The van der Waals surface area contributed by atoms with E-state index in [0.29, 0.717) is 4.48 Å². The van der Waals surface area contributed by atoms with Crippen LogP contribution in [-0.2, 0) is 4.79 Å². The van der Waals surface area contributed by atoms with Crippen molar-refractivity contribution in [2.45, 2.75) is 13.0 Å². The molecule has 1 N–H and O–H groups in total. The van der Waals surface area contributed by atoms with E-state index in [0.717, 1.165) is 4.90 Å². The summed E-state index contributed by atoms with van der Waals surface area (Å²) in [5, 5.41) is 2.50. The maximum absolute atomic E-state index is 11.2. The van der Waals surface area contributed by atoms with Crippen LogP contribution < -0.4 is 5.32 Å². The molecule has 0 aliphatic carbocycles. The average molecular weight is 233 g/mol. The molecule has 5 heteroatoms. The maximum atomic E-state index is 11.2. The summed E-state index contributed by atoms with van der Waals surface area (Å²) in [6.07, 6.45) is 0. The van der Waals surface area contributed by atoms with Crippen LogP contribution in [0.15, 0.2) is 11.1 Å². The van der Waals surface area contributed by atoms with Crippen LogP contribution >= 0.6 is 15.9 Å². The van der Waals surface area contributed by atoms with Gasteiger partial charge in [0.15, 0.2) is 0 Å². The quantitative estimate of drug-likeness (QED) is 0.718. The monoisotopic (exact) mass is 232 g/mol. The summed E-state index contributed by atoms with van der Waals surface area (Å²) in [5.41, 5.74) is 0. The summed E-state index contributed by atoms with van der Waals surface area (Å²) in [7, 11) is 0. The van der Waals surface area contributed by atoms with Gasteiger partial charge in [-0.1, -0.05) is 22.5 Å². The van der Waals surface area contributed by atoms with Crippen LogP contribution in [0, 0.1) is 0 Å². The number of imide groups is 1. The highest BCUT2D eigenvalue weighted by atomic mass is 79.9. The molecule has 1 aliphatic rings. The summed E-state index contributed by atoms with van der Waals surface area (Å²) in [6, 6.07) is -0.766. The molecule has 1 saturated heterocycles. The van der Waals surface area contributed by atoms with Gasteiger partial charge in [0.2, 0.25) is 0 Å². The van der Waals surface area contributed by atoms with Crippen LogP contribution in [0.25, 0.3) is 0 Å². The van der Waals surface area contributed by atoms with Crippen LogP contribution in [0.3, 0.4) is 0 Å². The Bertz CT molecular complexity index is 252. The second-order valence-electron chi connectivity index (χ2n) is 2.61. The summed E-state index contributed by atoms with van der Waals surface area (Å²) in [5.74, 6) is -0.208. The minimum absolute atomic E-state index is 0.208. The molecule has 1 rings (SSSR count). The lowest BCUT2D eigenvalue weighted by Crippen LogP contribution is -2.32. The summed E-state index contributed by atoms with van der Waals surface area (Å²) >= 11 is 3.09. The van der Waals surface area contributed by atoms with Gasteiger partial charge in [-0.3, -0.25) is 9.69 Å². The number of hydrogen-bond donors (Lipinski definition) is 1. The fraction of sp³-hybridized carbons (Fsp3) is 0.429. The third kappa shape index (κ3) is 1.66. The van der Waals surface area contributed by atoms with Gasteiger partial charge in [0.05, 0.1) is 6.54 Å². The van der Waals surface area contributed by atoms with Crippen LogP contribution in [0.2, 0.25) is 0 Å². The van der Waals surface area contributed by atoms with E-state index in [1.165, 1.54) is 0 Å². The zero-order valence-corrected chi connectivity index (χ0v) is 8.22. The molecule has 66 valence electrons. The number of amides is 3. The minimum Gasteiger partial charge on any atom is -0.326 e. The lowest BCUT2D eigenvalue weighted by molar-refractivity contribution is -0.126. The van der Waals surface area contributed by atoms with Crippen molar-refractivity contribution < 1.29 is 9.59 Å². The molecular formula is C7H9BrN2O2. The normalized spacial score (nSPS) is 22.8. The number of halogens is 1. The van der Waals surface area contributed by atoms with Crippen molar-refractivity contribution in [1.82, 2.24) is 10.2 Å². The fourth-order valence-electron chi connectivity index (χ4n) is 0.980. The molecule has 0 bridgehead atoms. The van der Waals surface area contributed by atoms with Crippen molar-refractivity contribution in [3.8, 4) is 0 Å². The first-order valence-corrected chi connectivity index (χ1v) is 4.27. The number of urea groups is 1. The smallest absolute Gasteiger partial charge is 0.325 e. The molecule has 0 radical (unpaired) electrons. The number of nitrogens with zero attached hydrogens (tertiary/aromatic N) is 1. The zero-order valence-electron chi connectivity index (χ0n) is 6.63. The van der Waals surface area contributed by atoms with Crippen molar-refractivity contribution in [1.29, 1.82) is 0 Å². The second-order valence-corrected chi connectivity index (χ2v) is 3.73. The number of carbonyl (C=O) groups is 2. The maximum Gasteiger partial charge on any atom is 0.325 e. The predicted octanol–water partition coefficient (Wildman–Crippen LogP) is 0.835. The number of rotatable bonds is 2. The third-order valence-electron chi connectivity index (χ3n) is 1.55. The lowest BCUT2D eigenvalue weighted by atomic mass is 10.3. The first-order valence-electron chi connectivity index (χ1n) is 3.47. The molecule has 12 heavy (non-hydrogen) atoms. The molecule has 1 heterocycles. The minimum atomic E-state index is -0.413. The van der Waals surface area contributed by atoms with Gasteiger partial charge in [0.25, 0.3) is 5.91 Å². The molecule has 0 saturated carbocycles. The molecular weight excluding hydrogens is 224 g/mol. The van der Waals surface area contributed by atoms with Gasteiger partial charge < -0.3 is 5.32 Å². The molecule has 1 unspecified atom stereocenters. The lowest BCUT2D eigenvalue weighted by Gasteiger charge is -2.10. The Morgan fingerprint density at radius 2 is 2.33 bits per heavy atom. The molecule has 0 aromatic rings. The molecule has 0 aromatic carbocycles. The van der Waals surface area contributed by atoms with Gasteiger partial charge in [0.1, 0.15) is 6.04 Å². The van der Waals surface area contributed by atoms with Gasteiger partial charge in [-0.05, 0) is 6.92 Å². The van der Waals surface area contributed by atoms with Crippen molar-refractivity contribution in [2.75, 3.05) is 6.54 Å². The second kappa shape index (κ2) is 3.26. The Kier molecular flexibility index (Phi) is 2.52. The SMILES string of the molecule is C=C(Br)CN1C(=O)NC(C)C1=O. The Morgan fingerprint density at radius 1 is 1.75 bits per heavy atom. The van der Waals surface area contributed by atoms with E-state index in [1.807, 2.05) is 0 Å². The molecule has 1 aliphatic heterocycles. The molecule has 1 atom stereocenters. The Balaban J connectivity index is 2.70. The highest BCUT2D eigenvalue weighted by Crippen LogP contribution is 2.10. The third-order valence-corrected chi connectivity index (χ3v) is 1.80. The van der Waals surface area contributed by atoms with Crippen molar-refractivity contribution in [2.24, 2.45) is 0 Å². The van der Waals surface area contributed by atoms with E-state index in [4.69, 9.17) is 0 Å². The van der Waals surface area contributed by atoms with Gasteiger partial charge in [-0.25, -0.2) is 4.79 Å². The van der Waals surface area contributed by atoms with E-state index < -0.39 is 6.04 Å².